The van der Waals surface area contributed by atoms with Crippen LogP contribution >= 0.6 is 0 Å². The summed E-state index contributed by atoms with van der Waals surface area (Å²) in [7, 11) is 0. The van der Waals surface area contributed by atoms with Gasteiger partial charge in [0, 0.05) is 0 Å². The Bertz CT molecular complexity index is 94.6. The molecule has 6 heavy (non-hydrogen) atoms. The monoisotopic (exact) mass is 80.1 g/mol. The van der Waals surface area contributed by atoms with E-state index in [0.717, 1.165) is 5.92 Å². The zero-order valence-electron chi connectivity index (χ0n) is 3.94. The van der Waals surface area contributed by atoms with Crippen molar-refractivity contribution in [2.45, 2.75) is 13.3 Å². The molecule has 0 amide bonds. The van der Waals surface area contributed by atoms with E-state index >= 15 is 0 Å². The van der Waals surface area contributed by atoms with Crippen molar-refractivity contribution in [2.24, 2.45) is 5.92 Å². The summed E-state index contributed by atoms with van der Waals surface area (Å²) >= 11 is 0. The SMILES string of the molecule is C[C@H]1C=C=CC1. The molecule has 32 valence electrons. The van der Waals surface area contributed by atoms with Gasteiger partial charge in [-0.1, -0.05) is 6.92 Å². The average Bonchev–Trinajstić information content (AvgIpc) is 1.86. The predicted octanol–water partition coefficient (Wildman–Crippen LogP) is 1.74. The fraction of sp³-hybridized carbons (Fsp3) is 0.500. The van der Waals surface area contributed by atoms with E-state index < -0.39 is 0 Å². The van der Waals surface area contributed by atoms with Gasteiger partial charge in [-0.25, -0.2) is 0 Å². The largest absolute Gasteiger partial charge is 0.129 e. The van der Waals surface area contributed by atoms with E-state index in [2.05, 4.69) is 24.8 Å². The lowest BCUT2D eigenvalue weighted by atomic mass is 10.2. The topological polar surface area (TPSA) is 0 Å². The molecule has 1 atom stereocenters. The second kappa shape index (κ2) is 1.32. The van der Waals surface area contributed by atoms with E-state index in [1.54, 1.807) is 0 Å². The maximum Gasteiger partial charge on any atom is -0.0145 e. The molecule has 0 spiro atoms. The van der Waals surface area contributed by atoms with Crippen LogP contribution in [0.1, 0.15) is 13.3 Å². The van der Waals surface area contributed by atoms with E-state index in [1.165, 1.54) is 6.42 Å². The lowest BCUT2D eigenvalue weighted by Gasteiger charge is -1.88. The molecular weight excluding hydrogens is 72.1 g/mol. The Balaban J connectivity index is 2.55. The number of hydrogen-bond donors (Lipinski definition) is 0. The van der Waals surface area contributed by atoms with Gasteiger partial charge < -0.3 is 0 Å². The van der Waals surface area contributed by atoms with Crippen molar-refractivity contribution >= 4 is 0 Å². The van der Waals surface area contributed by atoms with Gasteiger partial charge >= 0.3 is 0 Å². The Hall–Kier alpha value is -0.480. The summed E-state index contributed by atoms with van der Waals surface area (Å²) in [5.41, 5.74) is 3.02. The first kappa shape index (κ1) is 3.70. The summed E-state index contributed by atoms with van der Waals surface area (Å²) in [4.78, 5) is 0. The van der Waals surface area contributed by atoms with Crippen LogP contribution in [0.3, 0.4) is 0 Å². The van der Waals surface area contributed by atoms with Gasteiger partial charge in [-0.05, 0) is 24.5 Å². The van der Waals surface area contributed by atoms with E-state index in [0.29, 0.717) is 0 Å². The van der Waals surface area contributed by atoms with Gasteiger partial charge in [-0.3, -0.25) is 0 Å². The van der Waals surface area contributed by atoms with Gasteiger partial charge in [0.1, 0.15) is 0 Å². The molecule has 1 rings (SSSR count). The average molecular weight is 80.1 g/mol. The van der Waals surface area contributed by atoms with Crippen molar-refractivity contribution in [3.8, 4) is 0 Å². The summed E-state index contributed by atoms with van der Waals surface area (Å²) in [5.74, 6) is 0.755. The molecule has 0 heterocycles. The van der Waals surface area contributed by atoms with Crippen LogP contribution in [0.2, 0.25) is 0 Å². The fourth-order valence-electron chi connectivity index (χ4n) is 0.554. The maximum absolute atomic E-state index is 3.02. The minimum atomic E-state index is 0.755. The van der Waals surface area contributed by atoms with Crippen LogP contribution in [0.5, 0.6) is 0 Å². The molecule has 0 aromatic carbocycles. The molecule has 0 N–H and O–H groups in total. The van der Waals surface area contributed by atoms with Crippen LogP contribution in [0.15, 0.2) is 17.9 Å². The first-order chi connectivity index (χ1) is 2.89. The van der Waals surface area contributed by atoms with Gasteiger partial charge in [-0.15, -0.1) is 5.73 Å². The highest BCUT2D eigenvalue weighted by molar-refractivity contribution is 4.98. The van der Waals surface area contributed by atoms with Crippen molar-refractivity contribution in [1.82, 2.24) is 0 Å². The third-order valence-electron chi connectivity index (χ3n) is 0.988. The van der Waals surface area contributed by atoms with Crippen LogP contribution in [0, 0.1) is 5.92 Å². The molecular formula is C6H8. The predicted molar refractivity (Wildman–Crippen MR) is 26.4 cm³/mol. The third kappa shape index (κ3) is 0.526. The molecule has 0 aromatic heterocycles. The molecule has 0 radical (unpaired) electrons. The van der Waals surface area contributed by atoms with Crippen LogP contribution in [-0.2, 0) is 0 Å². The fourth-order valence-corrected chi connectivity index (χ4v) is 0.554. The Morgan fingerprint density at radius 3 is 2.83 bits per heavy atom. The highest BCUT2D eigenvalue weighted by Gasteiger charge is 1.94. The minimum Gasteiger partial charge on any atom is -0.129 e. The standard InChI is InChI=1S/C6H8/c1-6-4-2-3-5-6/h2,5-6H,4H2,1H3/t6-/m1/s1. The van der Waals surface area contributed by atoms with Gasteiger partial charge in [0.05, 0.1) is 0 Å². The number of allylic oxidation sites excluding steroid dienone is 1. The van der Waals surface area contributed by atoms with Crippen molar-refractivity contribution in [1.29, 1.82) is 0 Å². The zero-order chi connectivity index (χ0) is 4.41. The van der Waals surface area contributed by atoms with Crippen molar-refractivity contribution in [3.05, 3.63) is 17.9 Å². The van der Waals surface area contributed by atoms with Crippen molar-refractivity contribution in [3.63, 3.8) is 0 Å². The summed E-state index contributed by atoms with van der Waals surface area (Å²) in [5, 5.41) is 0. The lowest BCUT2D eigenvalue weighted by molar-refractivity contribution is 0.765. The van der Waals surface area contributed by atoms with Crippen molar-refractivity contribution in [2.75, 3.05) is 0 Å². The molecule has 0 bridgehead atoms. The summed E-state index contributed by atoms with van der Waals surface area (Å²) in [6, 6.07) is 0. The molecule has 0 nitrogen and oxygen atoms in total. The molecule has 0 saturated heterocycles. The Kier molecular flexibility index (Phi) is 0.813. The summed E-state index contributed by atoms with van der Waals surface area (Å²) in [6.07, 6.45) is 5.37. The second-order valence-corrected chi connectivity index (χ2v) is 1.75. The Labute approximate surface area is 38.2 Å². The summed E-state index contributed by atoms with van der Waals surface area (Å²) < 4.78 is 0. The molecule has 1 aliphatic rings. The van der Waals surface area contributed by atoms with Crippen molar-refractivity contribution < 1.29 is 0 Å². The highest BCUT2D eigenvalue weighted by Crippen LogP contribution is 2.07. The van der Waals surface area contributed by atoms with Gasteiger partial charge in [-0.2, -0.15) is 0 Å². The highest BCUT2D eigenvalue weighted by atomic mass is 14.0. The Morgan fingerprint density at radius 2 is 2.67 bits per heavy atom. The molecule has 0 aliphatic heterocycles. The molecule has 0 unspecified atom stereocenters. The third-order valence-corrected chi connectivity index (χ3v) is 0.988. The molecule has 0 fully saturated rings. The minimum absolute atomic E-state index is 0.755. The van der Waals surface area contributed by atoms with E-state index in [1.807, 2.05) is 0 Å². The second-order valence-electron chi connectivity index (χ2n) is 1.75. The van der Waals surface area contributed by atoms with E-state index in [9.17, 15) is 0 Å². The lowest BCUT2D eigenvalue weighted by Crippen LogP contribution is -1.77. The first-order valence-electron chi connectivity index (χ1n) is 2.30. The molecule has 0 aromatic rings. The quantitative estimate of drug-likeness (QED) is 0.389. The van der Waals surface area contributed by atoms with Gasteiger partial charge in [0.2, 0.25) is 0 Å². The van der Waals surface area contributed by atoms with Gasteiger partial charge in [0.25, 0.3) is 0 Å². The Morgan fingerprint density at radius 1 is 1.83 bits per heavy atom. The first-order valence-corrected chi connectivity index (χ1v) is 2.30. The number of hydrogen-bond acceptors (Lipinski definition) is 0. The van der Waals surface area contributed by atoms with Crippen LogP contribution in [0.25, 0.3) is 0 Å². The number of rotatable bonds is 0. The molecule has 0 heteroatoms. The van der Waals surface area contributed by atoms with E-state index in [-0.39, 0.29) is 0 Å². The molecule has 0 saturated carbocycles. The van der Waals surface area contributed by atoms with E-state index in [4.69, 9.17) is 0 Å². The smallest absolute Gasteiger partial charge is 0.0145 e. The normalized spacial score (nSPS) is 29.2. The van der Waals surface area contributed by atoms with Crippen LogP contribution in [0.4, 0.5) is 0 Å². The van der Waals surface area contributed by atoms with Crippen LogP contribution < -0.4 is 0 Å². The zero-order valence-corrected chi connectivity index (χ0v) is 3.94. The molecule has 1 aliphatic carbocycles. The van der Waals surface area contributed by atoms with Crippen LogP contribution in [-0.4, -0.2) is 0 Å². The summed E-state index contributed by atoms with van der Waals surface area (Å²) in [6.45, 7) is 2.19. The van der Waals surface area contributed by atoms with Gasteiger partial charge in [0.15, 0.2) is 0 Å². The maximum atomic E-state index is 3.02.